The molecule has 1 aliphatic heterocycles. The molecule has 3 atom stereocenters. The second-order valence-corrected chi connectivity index (χ2v) is 6.04. The number of carbonyl (C=O) groups is 2. The molecule has 1 aromatic rings. The van der Waals surface area contributed by atoms with Gasteiger partial charge in [0.1, 0.15) is 5.92 Å². The first-order valence-corrected chi connectivity index (χ1v) is 7.69. The molecule has 6 nitrogen and oxygen atoms in total. The predicted octanol–water partition coefficient (Wildman–Crippen LogP) is 2.23. The molecule has 0 saturated carbocycles. The summed E-state index contributed by atoms with van der Waals surface area (Å²) in [5.74, 6) is -3.40. The van der Waals surface area contributed by atoms with E-state index in [4.69, 9.17) is 0 Å². The Labute approximate surface area is 143 Å². The summed E-state index contributed by atoms with van der Waals surface area (Å²) < 4.78 is 45.4. The van der Waals surface area contributed by atoms with Crippen LogP contribution >= 0.6 is 15.9 Å². The fourth-order valence-corrected chi connectivity index (χ4v) is 2.93. The molecule has 0 aliphatic carbocycles. The van der Waals surface area contributed by atoms with Gasteiger partial charge in [0.25, 0.3) is 5.72 Å². The van der Waals surface area contributed by atoms with Crippen molar-refractivity contribution >= 4 is 27.9 Å². The maximum Gasteiger partial charge on any atom is 0.437 e. The molecular weight excluding hydrogens is 397 g/mol. The van der Waals surface area contributed by atoms with E-state index in [0.717, 1.165) is 0 Å². The summed E-state index contributed by atoms with van der Waals surface area (Å²) in [6.45, 7) is 1.25. The molecule has 1 aliphatic rings. The van der Waals surface area contributed by atoms with E-state index in [0.29, 0.717) is 4.47 Å². The van der Waals surface area contributed by atoms with Crippen LogP contribution in [0.1, 0.15) is 18.5 Å². The highest BCUT2D eigenvalue weighted by atomic mass is 79.9. The number of halogens is 4. The third-order valence-electron chi connectivity index (χ3n) is 3.55. The first-order chi connectivity index (χ1) is 11.1. The summed E-state index contributed by atoms with van der Waals surface area (Å²) in [6, 6.07) is 3.36. The fraction of sp³-hybridized carbons (Fsp3) is 0.429. The molecular formula is C14H14BrF3N2O4. The maximum atomic E-state index is 13.4. The second kappa shape index (κ2) is 6.60. The van der Waals surface area contributed by atoms with E-state index < -0.39 is 35.9 Å². The minimum absolute atomic E-state index is 0.178. The number of rotatable bonds is 3. The molecule has 132 valence electrons. The number of hydrogen-bond acceptors (Lipinski definition) is 4. The topological polar surface area (TPSA) is 87.7 Å². The van der Waals surface area contributed by atoms with Gasteiger partial charge in [-0.2, -0.15) is 13.2 Å². The monoisotopic (exact) mass is 410 g/mol. The van der Waals surface area contributed by atoms with Crippen molar-refractivity contribution < 1.29 is 32.6 Å². The van der Waals surface area contributed by atoms with E-state index in [1.54, 1.807) is 6.07 Å². The Morgan fingerprint density at radius 2 is 2.12 bits per heavy atom. The Morgan fingerprint density at radius 3 is 2.67 bits per heavy atom. The summed E-state index contributed by atoms with van der Waals surface area (Å²) in [4.78, 5) is 23.8. The van der Waals surface area contributed by atoms with E-state index in [1.165, 1.54) is 30.4 Å². The number of alkyl halides is 3. The van der Waals surface area contributed by atoms with Crippen LogP contribution in [0.25, 0.3) is 0 Å². The van der Waals surface area contributed by atoms with E-state index in [2.05, 4.69) is 26.0 Å². The van der Waals surface area contributed by atoms with E-state index in [9.17, 15) is 27.9 Å². The molecule has 0 aromatic heterocycles. The van der Waals surface area contributed by atoms with E-state index in [-0.39, 0.29) is 12.2 Å². The van der Waals surface area contributed by atoms with Crippen LogP contribution in [0.5, 0.6) is 0 Å². The number of hydrogen-bond donors (Lipinski definition) is 3. The highest BCUT2D eigenvalue weighted by Gasteiger charge is 2.67. The van der Waals surface area contributed by atoms with Gasteiger partial charge in [0.05, 0.1) is 12.6 Å². The van der Waals surface area contributed by atoms with Gasteiger partial charge in [-0.25, -0.2) is 4.79 Å². The first kappa shape index (κ1) is 18.5. The van der Waals surface area contributed by atoms with Crippen molar-refractivity contribution in [3.8, 4) is 0 Å². The second-order valence-electron chi connectivity index (χ2n) is 5.12. The highest BCUT2D eigenvalue weighted by Crippen LogP contribution is 2.43. The first-order valence-electron chi connectivity index (χ1n) is 6.90. The molecule has 2 rings (SSSR count). The molecule has 3 N–H and O–H groups in total. The molecule has 0 unspecified atom stereocenters. The van der Waals surface area contributed by atoms with Crippen LogP contribution in [0.2, 0.25) is 0 Å². The van der Waals surface area contributed by atoms with Gasteiger partial charge in [-0.15, -0.1) is 0 Å². The molecule has 1 aromatic carbocycles. The minimum atomic E-state index is -5.29. The molecule has 0 spiro atoms. The van der Waals surface area contributed by atoms with E-state index in [1.807, 2.05) is 0 Å². The van der Waals surface area contributed by atoms with Gasteiger partial charge in [-0.3, -0.25) is 4.79 Å². The number of amides is 2. The van der Waals surface area contributed by atoms with Gasteiger partial charge in [0.2, 0.25) is 0 Å². The summed E-state index contributed by atoms with van der Waals surface area (Å²) in [6.07, 6.45) is -5.29. The van der Waals surface area contributed by atoms with Crippen LogP contribution in [0.15, 0.2) is 28.7 Å². The Bertz CT molecular complexity index is 655. The van der Waals surface area contributed by atoms with Crippen molar-refractivity contribution in [2.75, 3.05) is 6.61 Å². The summed E-state index contributed by atoms with van der Waals surface area (Å²) in [5, 5.41) is 13.8. The Hall–Kier alpha value is -1.81. The highest BCUT2D eigenvalue weighted by molar-refractivity contribution is 9.10. The lowest BCUT2D eigenvalue weighted by Crippen LogP contribution is -2.73. The van der Waals surface area contributed by atoms with Crippen LogP contribution in [0.3, 0.4) is 0 Å². The van der Waals surface area contributed by atoms with Crippen LogP contribution in [-0.2, 0) is 9.53 Å². The minimum Gasteiger partial charge on any atom is -0.466 e. The lowest BCUT2D eigenvalue weighted by Gasteiger charge is -2.44. The largest absolute Gasteiger partial charge is 0.466 e. The number of urea groups is 1. The zero-order valence-corrected chi connectivity index (χ0v) is 13.9. The Balaban J connectivity index is 2.57. The molecule has 1 fully saturated rings. The van der Waals surface area contributed by atoms with Gasteiger partial charge in [0.15, 0.2) is 0 Å². The molecule has 2 amide bonds. The molecule has 24 heavy (non-hydrogen) atoms. The van der Waals surface area contributed by atoms with Crippen molar-refractivity contribution in [2.45, 2.75) is 24.9 Å². The standard InChI is InChI=1S/C14H14BrF3N2O4/c1-2-24-11(21)9-10(7-4-3-5-8(15)6-7)19-12(22)20-13(9,23)14(16,17)18/h3-6,9-10,23H,2H2,1H3,(H2,19,20,22)/t9-,10-,13-/m1/s1. The van der Waals surface area contributed by atoms with Crippen molar-refractivity contribution in [2.24, 2.45) is 5.92 Å². The van der Waals surface area contributed by atoms with Gasteiger partial charge in [-0.1, -0.05) is 28.1 Å². The van der Waals surface area contributed by atoms with Crippen molar-refractivity contribution in [1.82, 2.24) is 10.6 Å². The SMILES string of the molecule is CCOC(=O)[C@H]1[C@@H](c2cccc(Br)c2)NC(=O)N[C@]1(O)C(F)(F)F. The number of benzene rings is 1. The smallest absolute Gasteiger partial charge is 0.437 e. The third kappa shape index (κ3) is 3.34. The number of aliphatic hydroxyl groups is 1. The summed E-state index contributed by atoms with van der Waals surface area (Å²) in [7, 11) is 0. The molecule has 1 saturated heterocycles. The number of carbonyl (C=O) groups excluding carboxylic acids is 2. The molecule has 10 heteroatoms. The maximum absolute atomic E-state index is 13.4. The quantitative estimate of drug-likeness (QED) is 0.666. The fourth-order valence-electron chi connectivity index (χ4n) is 2.51. The normalized spacial score (nSPS) is 27.2. The Kier molecular flexibility index (Phi) is 5.09. The van der Waals surface area contributed by atoms with Crippen LogP contribution in [0.4, 0.5) is 18.0 Å². The Morgan fingerprint density at radius 1 is 1.46 bits per heavy atom. The van der Waals surface area contributed by atoms with E-state index >= 15 is 0 Å². The molecule has 1 heterocycles. The van der Waals surface area contributed by atoms with Gasteiger partial charge in [0, 0.05) is 4.47 Å². The van der Waals surface area contributed by atoms with Crippen LogP contribution in [-0.4, -0.2) is 35.6 Å². The third-order valence-corrected chi connectivity index (χ3v) is 4.05. The molecule has 0 bridgehead atoms. The summed E-state index contributed by atoms with van der Waals surface area (Å²) in [5.41, 5.74) is -3.55. The van der Waals surface area contributed by atoms with Crippen molar-refractivity contribution in [1.29, 1.82) is 0 Å². The van der Waals surface area contributed by atoms with Gasteiger partial charge >= 0.3 is 18.2 Å². The zero-order chi connectivity index (χ0) is 18.1. The predicted molar refractivity (Wildman–Crippen MR) is 79.7 cm³/mol. The van der Waals surface area contributed by atoms with Crippen molar-refractivity contribution in [3.63, 3.8) is 0 Å². The van der Waals surface area contributed by atoms with Crippen LogP contribution in [0, 0.1) is 5.92 Å². The average molecular weight is 411 g/mol. The zero-order valence-electron chi connectivity index (χ0n) is 12.4. The lowest BCUT2D eigenvalue weighted by atomic mass is 9.82. The number of ether oxygens (including phenoxy) is 1. The van der Waals surface area contributed by atoms with Gasteiger partial charge < -0.3 is 20.5 Å². The lowest BCUT2D eigenvalue weighted by molar-refractivity contribution is -0.294. The van der Waals surface area contributed by atoms with Crippen molar-refractivity contribution in [3.05, 3.63) is 34.3 Å². The molecule has 0 radical (unpaired) electrons. The van der Waals surface area contributed by atoms with Gasteiger partial charge in [-0.05, 0) is 24.6 Å². The summed E-state index contributed by atoms with van der Waals surface area (Å²) >= 11 is 3.17. The van der Waals surface area contributed by atoms with Crippen LogP contribution < -0.4 is 10.6 Å². The number of esters is 1. The average Bonchev–Trinajstić information content (AvgIpc) is 2.45. The number of nitrogens with one attached hydrogen (secondary N) is 2.